The van der Waals surface area contributed by atoms with E-state index < -0.39 is 29.7 Å². The van der Waals surface area contributed by atoms with Crippen LogP contribution >= 0.6 is 11.8 Å². The number of carbonyl (C=O) groups is 2. The topological polar surface area (TPSA) is 78.4 Å². The lowest BCUT2D eigenvalue weighted by molar-refractivity contribution is -0.139. The number of rotatable bonds is 6. The molecule has 1 aromatic rings. The Morgan fingerprint density at radius 2 is 2.10 bits per heavy atom. The summed E-state index contributed by atoms with van der Waals surface area (Å²) in [6, 6.07) is 0.610. The van der Waals surface area contributed by atoms with Gasteiger partial charge in [0.1, 0.15) is 17.7 Å². The highest BCUT2D eigenvalue weighted by atomic mass is 32.2. The quantitative estimate of drug-likeness (QED) is 0.753. The van der Waals surface area contributed by atoms with Gasteiger partial charge in [0, 0.05) is 6.07 Å². The van der Waals surface area contributed by atoms with Crippen molar-refractivity contribution in [1.82, 2.24) is 5.32 Å². The second-order valence-corrected chi connectivity index (χ2v) is 4.88. The fourth-order valence-corrected chi connectivity index (χ4v) is 1.87. The standard InChI is InChI=1S/C12H14F2N2O3S/c1-20-5-4-9(11(17)18)15-12(19)16-10-6-7(13)2-3-8(10)14/h2-3,6,9H,4-5H2,1H3,(H,17,18)(H2,15,16,19)/t9-/m1/s1. The summed E-state index contributed by atoms with van der Waals surface area (Å²) >= 11 is 1.44. The van der Waals surface area contributed by atoms with Gasteiger partial charge in [0.05, 0.1) is 5.69 Å². The van der Waals surface area contributed by atoms with Crippen LogP contribution in [0.5, 0.6) is 0 Å². The molecule has 110 valence electrons. The highest BCUT2D eigenvalue weighted by molar-refractivity contribution is 7.98. The molecule has 8 heteroatoms. The molecule has 0 spiro atoms. The molecular formula is C12H14F2N2O3S. The van der Waals surface area contributed by atoms with Crippen molar-refractivity contribution in [2.75, 3.05) is 17.3 Å². The fraction of sp³-hybridized carbons (Fsp3) is 0.333. The molecular weight excluding hydrogens is 290 g/mol. The molecule has 0 aromatic heterocycles. The van der Waals surface area contributed by atoms with Crippen molar-refractivity contribution in [3.63, 3.8) is 0 Å². The summed E-state index contributed by atoms with van der Waals surface area (Å²) in [5.74, 6) is -2.16. The van der Waals surface area contributed by atoms with E-state index in [1.807, 2.05) is 0 Å². The van der Waals surface area contributed by atoms with Crippen LogP contribution in [0.4, 0.5) is 19.3 Å². The normalized spacial score (nSPS) is 11.8. The van der Waals surface area contributed by atoms with Crippen LogP contribution in [0.1, 0.15) is 6.42 Å². The summed E-state index contributed by atoms with van der Waals surface area (Å²) in [5, 5.41) is 13.2. The molecule has 1 rings (SSSR count). The van der Waals surface area contributed by atoms with Crippen LogP contribution in [0.25, 0.3) is 0 Å². The Morgan fingerprint density at radius 1 is 1.40 bits per heavy atom. The minimum absolute atomic E-state index is 0.232. The summed E-state index contributed by atoms with van der Waals surface area (Å²) in [6.07, 6.45) is 2.04. The van der Waals surface area contributed by atoms with E-state index in [1.54, 1.807) is 6.26 Å². The van der Waals surface area contributed by atoms with Gasteiger partial charge >= 0.3 is 12.0 Å². The molecule has 0 unspecified atom stereocenters. The number of benzene rings is 1. The van der Waals surface area contributed by atoms with E-state index in [9.17, 15) is 18.4 Å². The molecule has 0 fully saturated rings. The minimum atomic E-state index is -1.19. The first-order valence-electron chi connectivity index (χ1n) is 5.68. The molecule has 0 aliphatic rings. The van der Waals surface area contributed by atoms with E-state index >= 15 is 0 Å². The number of urea groups is 1. The smallest absolute Gasteiger partial charge is 0.326 e. The van der Waals surface area contributed by atoms with Gasteiger partial charge in [0.2, 0.25) is 0 Å². The molecule has 1 atom stereocenters. The van der Waals surface area contributed by atoms with E-state index in [4.69, 9.17) is 5.11 Å². The zero-order valence-corrected chi connectivity index (χ0v) is 11.5. The van der Waals surface area contributed by atoms with Crippen LogP contribution in [0.2, 0.25) is 0 Å². The SMILES string of the molecule is CSCC[C@@H](NC(=O)Nc1cc(F)ccc1F)C(=O)O. The number of anilines is 1. The number of hydrogen-bond donors (Lipinski definition) is 3. The second kappa shape index (κ2) is 7.68. The van der Waals surface area contributed by atoms with E-state index in [0.29, 0.717) is 5.75 Å². The predicted molar refractivity (Wildman–Crippen MR) is 72.9 cm³/mol. The molecule has 0 saturated heterocycles. The Hall–Kier alpha value is -1.83. The highest BCUT2D eigenvalue weighted by Crippen LogP contribution is 2.15. The maximum absolute atomic E-state index is 13.3. The van der Waals surface area contributed by atoms with Crippen LogP contribution in [0.15, 0.2) is 18.2 Å². The molecule has 3 N–H and O–H groups in total. The van der Waals surface area contributed by atoms with Gasteiger partial charge in [-0.1, -0.05) is 0 Å². The van der Waals surface area contributed by atoms with Gasteiger partial charge in [-0.25, -0.2) is 18.4 Å². The summed E-state index contributed by atoms with van der Waals surface area (Å²) in [6.45, 7) is 0. The van der Waals surface area contributed by atoms with Crippen LogP contribution < -0.4 is 10.6 Å². The van der Waals surface area contributed by atoms with E-state index in [-0.39, 0.29) is 12.1 Å². The van der Waals surface area contributed by atoms with Crippen LogP contribution in [-0.4, -0.2) is 35.2 Å². The first-order chi connectivity index (χ1) is 9.43. The van der Waals surface area contributed by atoms with Crippen molar-refractivity contribution in [2.45, 2.75) is 12.5 Å². The third-order valence-electron chi connectivity index (χ3n) is 2.39. The average molecular weight is 304 g/mol. The first kappa shape index (κ1) is 16.2. The Bertz CT molecular complexity index is 500. The van der Waals surface area contributed by atoms with Crippen molar-refractivity contribution in [3.8, 4) is 0 Å². The van der Waals surface area contributed by atoms with Gasteiger partial charge in [-0.05, 0) is 30.6 Å². The van der Waals surface area contributed by atoms with Crippen LogP contribution in [0.3, 0.4) is 0 Å². The number of halogens is 2. The van der Waals surface area contributed by atoms with Gasteiger partial charge in [0.25, 0.3) is 0 Å². The second-order valence-electron chi connectivity index (χ2n) is 3.89. The summed E-state index contributed by atoms with van der Waals surface area (Å²) < 4.78 is 26.2. The number of carboxylic acid groups (broad SMARTS) is 1. The summed E-state index contributed by atoms with van der Waals surface area (Å²) in [4.78, 5) is 22.5. The lowest BCUT2D eigenvalue weighted by atomic mass is 10.2. The molecule has 2 amide bonds. The van der Waals surface area contributed by atoms with E-state index in [1.165, 1.54) is 11.8 Å². The molecule has 0 bridgehead atoms. The number of nitrogens with one attached hydrogen (secondary N) is 2. The maximum Gasteiger partial charge on any atom is 0.326 e. The molecule has 5 nitrogen and oxygen atoms in total. The maximum atomic E-state index is 13.3. The van der Waals surface area contributed by atoms with Crippen molar-refractivity contribution in [1.29, 1.82) is 0 Å². The van der Waals surface area contributed by atoms with Gasteiger partial charge in [0.15, 0.2) is 0 Å². The summed E-state index contributed by atoms with van der Waals surface area (Å²) in [5.41, 5.74) is -0.350. The van der Waals surface area contributed by atoms with Crippen molar-refractivity contribution in [2.24, 2.45) is 0 Å². The number of amides is 2. The Balaban J connectivity index is 2.65. The van der Waals surface area contributed by atoms with Gasteiger partial charge in [-0.2, -0.15) is 11.8 Å². The average Bonchev–Trinajstić information content (AvgIpc) is 2.38. The number of carboxylic acids is 1. The lowest BCUT2D eigenvalue weighted by Gasteiger charge is -2.14. The number of thioether (sulfide) groups is 1. The van der Waals surface area contributed by atoms with E-state index in [0.717, 1.165) is 18.2 Å². The predicted octanol–water partition coefficient (Wildman–Crippen LogP) is 2.29. The molecule has 0 radical (unpaired) electrons. The Morgan fingerprint density at radius 3 is 2.70 bits per heavy atom. The molecule has 0 aliphatic heterocycles. The summed E-state index contributed by atoms with van der Waals surface area (Å²) in [7, 11) is 0. The highest BCUT2D eigenvalue weighted by Gasteiger charge is 2.19. The monoisotopic (exact) mass is 304 g/mol. The van der Waals surface area contributed by atoms with Crippen molar-refractivity contribution in [3.05, 3.63) is 29.8 Å². The number of hydrogen-bond acceptors (Lipinski definition) is 3. The molecule has 1 aromatic carbocycles. The molecule has 0 aliphatic carbocycles. The zero-order valence-electron chi connectivity index (χ0n) is 10.7. The Labute approximate surface area is 118 Å². The van der Waals surface area contributed by atoms with Gasteiger partial charge in [-0.3, -0.25) is 0 Å². The molecule has 20 heavy (non-hydrogen) atoms. The zero-order chi connectivity index (χ0) is 15.1. The Kier molecular flexibility index (Phi) is 6.23. The number of carbonyl (C=O) groups excluding carboxylic acids is 1. The number of aliphatic carboxylic acids is 1. The minimum Gasteiger partial charge on any atom is -0.480 e. The molecule has 0 saturated carbocycles. The van der Waals surface area contributed by atoms with Crippen LogP contribution in [0, 0.1) is 11.6 Å². The largest absolute Gasteiger partial charge is 0.480 e. The fourth-order valence-electron chi connectivity index (χ4n) is 1.40. The van der Waals surface area contributed by atoms with Crippen molar-refractivity contribution >= 4 is 29.4 Å². The van der Waals surface area contributed by atoms with Gasteiger partial charge in [-0.15, -0.1) is 0 Å². The lowest BCUT2D eigenvalue weighted by Crippen LogP contribution is -2.43. The third-order valence-corrected chi connectivity index (χ3v) is 3.03. The molecule has 0 heterocycles. The van der Waals surface area contributed by atoms with Crippen LogP contribution in [-0.2, 0) is 4.79 Å². The van der Waals surface area contributed by atoms with Crippen molar-refractivity contribution < 1.29 is 23.5 Å². The first-order valence-corrected chi connectivity index (χ1v) is 7.07. The van der Waals surface area contributed by atoms with Gasteiger partial charge < -0.3 is 15.7 Å². The third kappa shape index (κ3) is 5.04. The van der Waals surface area contributed by atoms with E-state index in [2.05, 4.69) is 10.6 Å².